The molecule has 4 heteroatoms. The van der Waals surface area contributed by atoms with Crippen molar-refractivity contribution >= 4 is 17.3 Å². The first-order valence-corrected chi connectivity index (χ1v) is 5.09. The smallest absolute Gasteiger partial charge is 0.221 e. The van der Waals surface area contributed by atoms with Crippen LogP contribution in [0.15, 0.2) is 24.3 Å². The van der Waals surface area contributed by atoms with Crippen LogP contribution in [-0.4, -0.2) is 19.5 Å². The van der Waals surface area contributed by atoms with Crippen LogP contribution in [0.2, 0.25) is 0 Å². The van der Waals surface area contributed by atoms with E-state index in [1.54, 1.807) is 0 Å². The number of carbonyl (C=O) groups is 1. The zero-order chi connectivity index (χ0) is 12.0. The van der Waals surface area contributed by atoms with Crippen molar-refractivity contribution in [1.82, 2.24) is 0 Å². The molecule has 0 fully saturated rings. The highest BCUT2D eigenvalue weighted by molar-refractivity contribution is 5.89. The van der Waals surface area contributed by atoms with Gasteiger partial charge < -0.3 is 10.2 Å². The molecule has 0 spiro atoms. The Labute approximate surface area is 95.5 Å². The number of rotatable bonds is 4. The minimum absolute atomic E-state index is 0.0863. The summed E-state index contributed by atoms with van der Waals surface area (Å²) in [6.45, 7) is 2.16. The van der Waals surface area contributed by atoms with Crippen LogP contribution < -0.4 is 10.2 Å². The molecule has 0 heterocycles. The summed E-state index contributed by atoms with van der Waals surface area (Å²) in [4.78, 5) is 12.9. The molecule has 0 radical (unpaired) electrons. The molecule has 0 saturated heterocycles. The second-order valence-corrected chi connectivity index (χ2v) is 3.56. The van der Waals surface area contributed by atoms with Crippen LogP contribution in [0.1, 0.15) is 13.3 Å². The van der Waals surface area contributed by atoms with E-state index in [4.69, 9.17) is 5.26 Å². The molecule has 1 aromatic rings. The Kier molecular flexibility index (Phi) is 4.34. The van der Waals surface area contributed by atoms with E-state index in [1.807, 2.05) is 36.2 Å². The fraction of sp³-hybridized carbons (Fsp3) is 0.333. The van der Waals surface area contributed by atoms with E-state index >= 15 is 0 Å². The van der Waals surface area contributed by atoms with Gasteiger partial charge in [-0.15, -0.1) is 0 Å². The largest absolute Gasteiger partial charge is 0.374 e. The minimum atomic E-state index is -0.0863. The van der Waals surface area contributed by atoms with Gasteiger partial charge in [0, 0.05) is 31.9 Å². The highest BCUT2D eigenvalue weighted by Crippen LogP contribution is 2.18. The van der Waals surface area contributed by atoms with E-state index in [9.17, 15) is 4.79 Å². The van der Waals surface area contributed by atoms with E-state index < -0.39 is 0 Å². The summed E-state index contributed by atoms with van der Waals surface area (Å²) in [5, 5.41) is 11.2. The van der Waals surface area contributed by atoms with Crippen molar-refractivity contribution in [2.24, 2.45) is 0 Å². The molecule has 0 saturated carbocycles. The first-order chi connectivity index (χ1) is 7.63. The van der Waals surface area contributed by atoms with Gasteiger partial charge in [0.1, 0.15) is 0 Å². The van der Waals surface area contributed by atoms with Gasteiger partial charge in [-0.3, -0.25) is 4.79 Å². The van der Waals surface area contributed by atoms with Gasteiger partial charge in [0.15, 0.2) is 0 Å². The molecule has 0 bridgehead atoms. The number of carbonyl (C=O) groups excluding carboxylic acids is 1. The van der Waals surface area contributed by atoms with Gasteiger partial charge in [0.05, 0.1) is 12.5 Å². The number of nitrogens with zero attached hydrogens (tertiary/aromatic N) is 2. The number of nitrogens with one attached hydrogen (secondary N) is 1. The Morgan fingerprint density at radius 3 is 2.94 bits per heavy atom. The molecule has 0 aromatic heterocycles. The Morgan fingerprint density at radius 1 is 1.56 bits per heavy atom. The predicted molar refractivity (Wildman–Crippen MR) is 64.2 cm³/mol. The summed E-state index contributed by atoms with van der Waals surface area (Å²) >= 11 is 0. The number of anilines is 2. The molecule has 16 heavy (non-hydrogen) atoms. The van der Waals surface area contributed by atoms with Gasteiger partial charge >= 0.3 is 0 Å². The van der Waals surface area contributed by atoms with Gasteiger partial charge in [-0.25, -0.2) is 0 Å². The maximum atomic E-state index is 10.9. The van der Waals surface area contributed by atoms with Crippen molar-refractivity contribution in [3.8, 4) is 6.07 Å². The Morgan fingerprint density at radius 2 is 2.31 bits per heavy atom. The predicted octanol–water partition coefficient (Wildman–Crippen LogP) is 1.99. The van der Waals surface area contributed by atoms with Crippen molar-refractivity contribution in [3.63, 3.8) is 0 Å². The van der Waals surface area contributed by atoms with Crippen LogP contribution in [0, 0.1) is 11.3 Å². The van der Waals surface area contributed by atoms with Crippen molar-refractivity contribution in [2.45, 2.75) is 13.3 Å². The van der Waals surface area contributed by atoms with Gasteiger partial charge in [-0.05, 0) is 18.2 Å². The lowest BCUT2D eigenvalue weighted by Crippen LogP contribution is -2.18. The maximum Gasteiger partial charge on any atom is 0.221 e. The molecule has 1 amide bonds. The summed E-state index contributed by atoms with van der Waals surface area (Å²) in [6, 6.07) is 9.65. The minimum Gasteiger partial charge on any atom is -0.374 e. The standard InChI is InChI=1S/C12H15N3O/c1-10(16)14-11-5-3-6-12(9-11)15(2)8-4-7-13/h3,5-6,9H,4,8H2,1-2H3,(H,14,16). The summed E-state index contributed by atoms with van der Waals surface area (Å²) in [7, 11) is 1.92. The fourth-order valence-electron chi connectivity index (χ4n) is 1.37. The van der Waals surface area contributed by atoms with Gasteiger partial charge in [-0.1, -0.05) is 6.07 Å². The molecule has 0 atom stereocenters. The molecule has 1 aromatic carbocycles. The van der Waals surface area contributed by atoms with Crippen LogP contribution in [0.25, 0.3) is 0 Å². The molecular formula is C12H15N3O. The van der Waals surface area contributed by atoms with Crippen LogP contribution in [0.5, 0.6) is 0 Å². The van der Waals surface area contributed by atoms with Crippen LogP contribution in [0.3, 0.4) is 0 Å². The Bertz CT molecular complexity index is 409. The maximum absolute atomic E-state index is 10.9. The van der Waals surface area contributed by atoms with Crippen molar-refractivity contribution in [1.29, 1.82) is 5.26 Å². The number of amides is 1. The average molecular weight is 217 g/mol. The molecule has 0 unspecified atom stereocenters. The van der Waals surface area contributed by atoms with Crippen LogP contribution >= 0.6 is 0 Å². The third-order valence-corrected chi connectivity index (χ3v) is 2.17. The van der Waals surface area contributed by atoms with E-state index in [-0.39, 0.29) is 5.91 Å². The molecule has 84 valence electrons. The Balaban J connectivity index is 2.73. The molecular weight excluding hydrogens is 202 g/mol. The molecule has 1 N–H and O–H groups in total. The third-order valence-electron chi connectivity index (χ3n) is 2.17. The first-order valence-electron chi connectivity index (χ1n) is 5.09. The van der Waals surface area contributed by atoms with E-state index in [2.05, 4.69) is 11.4 Å². The third kappa shape index (κ3) is 3.62. The lowest BCUT2D eigenvalue weighted by atomic mass is 10.2. The lowest BCUT2D eigenvalue weighted by Gasteiger charge is -2.18. The van der Waals surface area contributed by atoms with E-state index in [0.717, 1.165) is 11.4 Å². The van der Waals surface area contributed by atoms with Crippen molar-refractivity contribution in [3.05, 3.63) is 24.3 Å². The topological polar surface area (TPSA) is 56.1 Å². The van der Waals surface area contributed by atoms with E-state index in [1.165, 1.54) is 6.92 Å². The van der Waals surface area contributed by atoms with Crippen molar-refractivity contribution < 1.29 is 4.79 Å². The molecule has 0 aliphatic carbocycles. The highest BCUT2D eigenvalue weighted by Gasteiger charge is 2.02. The van der Waals surface area contributed by atoms with Gasteiger partial charge in [-0.2, -0.15) is 5.26 Å². The number of hydrogen-bond donors (Lipinski definition) is 1. The van der Waals surface area contributed by atoms with Crippen molar-refractivity contribution in [2.75, 3.05) is 23.8 Å². The fourth-order valence-corrected chi connectivity index (χ4v) is 1.37. The SMILES string of the molecule is CC(=O)Nc1cccc(N(C)CCC#N)c1. The molecule has 4 nitrogen and oxygen atoms in total. The summed E-state index contributed by atoms with van der Waals surface area (Å²) in [5.74, 6) is -0.0863. The molecule has 0 aliphatic rings. The quantitative estimate of drug-likeness (QED) is 0.839. The lowest BCUT2D eigenvalue weighted by molar-refractivity contribution is -0.114. The first kappa shape index (κ1) is 12.1. The number of benzene rings is 1. The zero-order valence-electron chi connectivity index (χ0n) is 9.53. The second-order valence-electron chi connectivity index (χ2n) is 3.56. The van der Waals surface area contributed by atoms with Crippen LogP contribution in [0.4, 0.5) is 11.4 Å². The summed E-state index contributed by atoms with van der Waals surface area (Å²) < 4.78 is 0. The average Bonchev–Trinajstić information content (AvgIpc) is 2.25. The molecule has 1 rings (SSSR count). The zero-order valence-corrected chi connectivity index (χ0v) is 9.53. The van der Waals surface area contributed by atoms with Crippen LogP contribution in [-0.2, 0) is 4.79 Å². The van der Waals surface area contributed by atoms with Gasteiger partial charge in [0.25, 0.3) is 0 Å². The van der Waals surface area contributed by atoms with Gasteiger partial charge in [0.2, 0.25) is 5.91 Å². The highest BCUT2D eigenvalue weighted by atomic mass is 16.1. The summed E-state index contributed by atoms with van der Waals surface area (Å²) in [5.41, 5.74) is 1.76. The number of nitriles is 1. The molecule has 0 aliphatic heterocycles. The normalized spacial score (nSPS) is 9.31. The van der Waals surface area contributed by atoms with E-state index in [0.29, 0.717) is 13.0 Å². The summed E-state index contributed by atoms with van der Waals surface area (Å²) in [6.07, 6.45) is 0.487. The Hall–Kier alpha value is -2.02. The second kappa shape index (κ2) is 5.76. The number of hydrogen-bond acceptors (Lipinski definition) is 3. The monoisotopic (exact) mass is 217 g/mol.